The van der Waals surface area contributed by atoms with Crippen LogP contribution in [0.1, 0.15) is 5.56 Å². The fraction of sp³-hybridized carbons (Fsp3) is 0.0625. The van der Waals surface area contributed by atoms with Crippen molar-refractivity contribution < 1.29 is 9.00 Å². The Morgan fingerprint density at radius 3 is 2.74 bits per heavy atom. The van der Waals surface area contributed by atoms with Crippen LogP contribution >= 0.6 is 0 Å². The van der Waals surface area contributed by atoms with Crippen molar-refractivity contribution in [2.24, 2.45) is 0 Å². The Balaban J connectivity index is 1.89. The van der Waals surface area contributed by atoms with Gasteiger partial charge in [-0.25, -0.2) is 8.89 Å². The molecule has 1 aromatic carbocycles. The zero-order chi connectivity index (χ0) is 16.0. The van der Waals surface area contributed by atoms with Gasteiger partial charge in [-0.05, 0) is 30.2 Å². The van der Waals surface area contributed by atoms with Crippen LogP contribution < -0.4 is 4.72 Å². The van der Waals surface area contributed by atoms with E-state index in [1.165, 1.54) is 10.8 Å². The molecule has 0 saturated carbocycles. The predicted molar refractivity (Wildman–Crippen MR) is 88.3 cm³/mol. The summed E-state index contributed by atoms with van der Waals surface area (Å²) in [4.78, 5) is 15.6. The number of nitrogens with zero attached hydrogens (tertiary/aromatic N) is 3. The van der Waals surface area contributed by atoms with Crippen molar-refractivity contribution >= 4 is 32.8 Å². The summed E-state index contributed by atoms with van der Waals surface area (Å²) in [5.41, 5.74) is 3.85. The van der Waals surface area contributed by atoms with E-state index in [2.05, 4.69) is 14.8 Å². The Hall–Kier alpha value is -2.80. The third kappa shape index (κ3) is 2.35. The van der Waals surface area contributed by atoms with E-state index in [-0.39, 0.29) is 5.91 Å². The van der Waals surface area contributed by atoms with Crippen LogP contribution in [0, 0.1) is 6.92 Å². The van der Waals surface area contributed by atoms with E-state index in [1.54, 1.807) is 18.6 Å². The molecule has 3 heterocycles. The number of amides is 1. The number of fused-ring (bicyclic) bond motifs is 1. The zero-order valence-electron chi connectivity index (χ0n) is 12.2. The van der Waals surface area contributed by atoms with E-state index in [4.69, 9.17) is 0 Å². The molecule has 23 heavy (non-hydrogen) atoms. The average molecular weight is 324 g/mol. The van der Waals surface area contributed by atoms with E-state index in [0.717, 1.165) is 27.6 Å². The summed E-state index contributed by atoms with van der Waals surface area (Å²) in [6.45, 7) is 1.99. The van der Waals surface area contributed by atoms with Crippen LogP contribution in [-0.4, -0.2) is 24.9 Å². The topological polar surface area (TPSA) is 76.9 Å². The first-order valence-corrected chi connectivity index (χ1v) is 8.11. The second-order valence-electron chi connectivity index (χ2n) is 5.30. The molecular weight excluding hydrogens is 312 g/mol. The lowest BCUT2D eigenvalue weighted by Crippen LogP contribution is -2.17. The Labute approximate surface area is 134 Å². The van der Waals surface area contributed by atoms with Crippen LogP contribution in [0.5, 0.6) is 0 Å². The Morgan fingerprint density at radius 2 is 2.00 bits per heavy atom. The predicted octanol–water partition coefficient (Wildman–Crippen LogP) is 2.00. The number of benzene rings is 1. The number of hydrogen-bond acceptors (Lipinski definition) is 4. The van der Waals surface area contributed by atoms with Crippen molar-refractivity contribution in [1.82, 2.24) is 19.5 Å². The number of rotatable bonds is 2. The van der Waals surface area contributed by atoms with Crippen LogP contribution in [0.2, 0.25) is 0 Å². The first-order chi connectivity index (χ1) is 11.1. The Kier molecular flexibility index (Phi) is 3.09. The molecule has 1 aliphatic heterocycles. The van der Waals surface area contributed by atoms with Gasteiger partial charge in [-0.2, -0.15) is 5.10 Å². The van der Waals surface area contributed by atoms with Gasteiger partial charge < -0.3 is 0 Å². The molecule has 3 aromatic rings. The van der Waals surface area contributed by atoms with E-state index >= 15 is 0 Å². The van der Waals surface area contributed by atoms with Crippen LogP contribution in [0.4, 0.5) is 0 Å². The highest BCUT2D eigenvalue weighted by molar-refractivity contribution is 7.93. The molecule has 2 aromatic heterocycles. The third-order valence-electron chi connectivity index (χ3n) is 3.63. The minimum atomic E-state index is -1.58. The van der Waals surface area contributed by atoms with E-state index in [9.17, 15) is 9.00 Å². The van der Waals surface area contributed by atoms with Crippen molar-refractivity contribution in [2.45, 2.75) is 6.92 Å². The summed E-state index contributed by atoms with van der Waals surface area (Å²) in [5, 5.41) is 5.51. The monoisotopic (exact) mass is 324 g/mol. The van der Waals surface area contributed by atoms with Gasteiger partial charge in [0.1, 0.15) is 0 Å². The number of hydrogen-bond donors (Lipinski definition) is 1. The van der Waals surface area contributed by atoms with Crippen molar-refractivity contribution in [3.63, 3.8) is 0 Å². The molecular formula is C16H12N4O2S. The molecule has 1 aliphatic rings. The second-order valence-corrected chi connectivity index (χ2v) is 6.46. The summed E-state index contributed by atoms with van der Waals surface area (Å²) in [6.07, 6.45) is 6.60. The maximum Gasteiger partial charge on any atom is 0.258 e. The number of carbonyl (C=O) groups is 1. The molecule has 0 saturated heterocycles. The molecule has 0 spiro atoms. The first kappa shape index (κ1) is 13.8. The maximum atomic E-state index is 12.0. The van der Waals surface area contributed by atoms with Gasteiger partial charge in [0.25, 0.3) is 5.91 Å². The third-order valence-corrected chi connectivity index (χ3v) is 4.68. The summed E-state index contributed by atoms with van der Waals surface area (Å²) >= 11 is 0. The van der Waals surface area contributed by atoms with Gasteiger partial charge in [-0.1, -0.05) is 12.1 Å². The number of nitrogens with one attached hydrogen (secondary N) is 1. The summed E-state index contributed by atoms with van der Waals surface area (Å²) in [7, 11) is -1.58. The van der Waals surface area contributed by atoms with Gasteiger partial charge in [0.15, 0.2) is 16.0 Å². The van der Waals surface area contributed by atoms with E-state index < -0.39 is 11.0 Å². The van der Waals surface area contributed by atoms with Crippen LogP contribution in [-0.2, 0) is 15.8 Å². The van der Waals surface area contributed by atoms with Gasteiger partial charge >= 0.3 is 0 Å². The van der Waals surface area contributed by atoms with Crippen LogP contribution in [0.3, 0.4) is 0 Å². The van der Waals surface area contributed by atoms with Crippen molar-refractivity contribution in [1.29, 1.82) is 0 Å². The molecule has 7 heteroatoms. The Bertz CT molecular complexity index is 1010. The number of aryl methyl sites for hydroxylation is 1. The van der Waals surface area contributed by atoms with E-state index in [1.807, 2.05) is 31.2 Å². The van der Waals surface area contributed by atoms with Crippen molar-refractivity contribution in [2.75, 3.05) is 0 Å². The van der Waals surface area contributed by atoms with Gasteiger partial charge in [0, 0.05) is 29.4 Å². The van der Waals surface area contributed by atoms with Crippen LogP contribution in [0.25, 0.3) is 27.1 Å². The molecule has 1 atom stereocenters. The second kappa shape index (κ2) is 5.13. The molecule has 114 valence electrons. The fourth-order valence-electron chi connectivity index (χ4n) is 2.56. The molecule has 1 amide bonds. The maximum absolute atomic E-state index is 12.0. The number of carbonyl (C=O) groups excluding carboxylic acids is 1. The SMILES string of the molecule is Cc1cncc(-c2ccc3cnn(C4=CC(=O)NS4=O)c3c2)c1. The number of aromatic nitrogens is 3. The largest absolute Gasteiger partial charge is 0.269 e. The molecule has 0 fully saturated rings. The molecule has 0 bridgehead atoms. The zero-order valence-corrected chi connectivity index (χ0v) is 13.0. The van der Waals surface area contributed by atoms with Gasteiger partial charge in [-0.15, -0.1) is 0 Å². The minimum absolute atomic E-state index is 0.338. The average Bonchev–Trinajstić information content (AvgIpc) is 3.09. The lowest BCUT2D eigenvalue weighted by Gasteiger charge is -2.06. The quantitative estimate of drug-likeness (QED) is 0.782. The highest BCUT2D eigenvalue weighted by Gasteiger charge is 2.23. The highest BCUT2D eigenvalue weighted by Crippen LogP contribution is 2.27. The minimum Gasteiger partial charge on any atom is -0.269 e. The van der Waals surface area contributed by atoms with E-state index in [0.29, 0.717) is 5.03 Å². The Morgan fingerprint density at radius 1 is 1.13 bits per heavy atom. The highest BCUT2D eigenvalue weighted by atomic mass is 32.2. The standard InChI is InChI=1S/C16H12N4O2S/c1-10-4-13(8-17-7-10)11-2-3-12-9-18-20(14(12)5-11)16-6-15(21)19-23(16)22/h2-9H,1H3,(H,19,21). The van der Waals surface area contributed by atoms with Crippen molar-refractivity contribution in [3.8, 4) is 11.1 Å². The smallest absolute Gasteiger partial charge is 0.258 e. The molecule has 6 nitrogen and oxygen atoms in total. The fourth-order valence-corrected chi connectivity index (χ4v) is 3.43. The number of pyridine rings is 1. The molecule has 0 radical (unpaired) electrons. The van der Waals surface area contributed by atoms with Gasteiger partial charge in [0.05, 0.1) is 11.7 Å². The lowest BCUT2D eigenvalue weighted by atomic mass is 10.1. The summed E-state index contributed by atoms with van der Waals surface area (Å²) in [6, 6.07) is 7.95. The summed E-state index contributed by atoms with van der Waals surface area (Å²) < 4.78 is 15.8. The first-order valence-electron chi connectivity index (χ1n) is 6.96. The normalized spacial score (nSPS) is 17.3. The van der Waals surface area contributed by atoms with Gasteiger partial charge in [0.2, 0.25) is 0 Å². The molecule has 1 N–H and O–H groups in total. The lowest BCUT2D eigenvalue weighted by molar-refractivity contribution is -0.114. The molecule has 4 rings (SSSR count). The molecule has 0 aliphatic carbocycles. The van der Waals surface area contributed by atoms with Gasteiger partial charge in [-0.3, -0.25) is 14.5 Å². The van der Waals surface area contributed by atoms with Crippen LogP contribution in [0.15, 0.2) is 48.9 Å². The van der Waals surface area contributed by atoms with Crippen molar-refractivity contribution in [3.05, 3.63) is 54.5 Å². The summed E-state index contributed by atoms with van der Waals surface area (Å²) in [5.74, 6) is -0.374. The molecule has 1 unspecified atom stereocenters.